The SMILES string of the molecule is CCC(=O)Nc1c(-c2cccs2)cccc1S(=O)(=O)NC(CCCC1CCCNC1)C(=O)C1CNCCC1CC.Cl. The van der Waals surface area contributed by atoms with Crippen LogP contribution in [0.5, 0.6) is 0 Å². The van der Waals surface area contributed by atoms with E-state index in [9.17, 15) is 18.0 Å². The summed E-state index contributed by atoms with van der Waals surface area (Å²) >= 11 is 1.48. The number of thiophene rings is 1. The van der Waals surface area contributed by atoms with Gasteiger partial charge in [-0.05, 0) is 81.1 Å². The molecule has 2 fully saturated rings. The molecule has 8 nitrogen and oxygen atoms in total. The average molecular weight is 625 g/mol. The summed E-state index contributed by atoms with van der Waals surface area (Å²) in [5.41, 5.74) is 0.907. The molecule has 1 aromatic carbocycles. The minimum atomic E-state index is -4.13. The number of sulfonamides is 1. The van der Waals surface area contributed by atoms with Crippen molar-refractivity contribution in [2.24, 2.45) is 17.8 Å². The fraction of sp³-hybridized carbons (Fsp3) is 0.600. The van der Waals surface area contributed by atoms with Crippen molar-refractivity contribution < 1.29 is 18.0 Å². The molecule has 11 heteroatoms. The zero-order valence-electron chi connectivity index (χ0n) is 24.1. The first kappa shape index (κ1) is 33.7. The van der Waals surface area contributed by atoms with E-state index in [1.807, 2.05) is 23.6 Å². The maximum absolute atomic E-state index is 14.0. The molecule has 1 amide bonds. The van der Waals surface area contributed by atoms with Crippen LogP contribution >= 0.6 is 23.7 Å². The number of hydrogen-bond acceptors (Lipinski definition) is 7. The Hall–Kier alpha value is -1.82. The molecule has 0 bridgehead atoms. The summed E-state index contributed by atoms with van der Waals surface area (Å²) in [6.45, 7) is 7.31. The third-order valence-electron chi connectivity index (χ3n) is 8.35. The molecule has 4 unspecified atom stereocenters. The first-order valence-electron chi connectivity index (χ1n) is 14.8. The summed E-state index contributed by atoms with van der Waals surface area (Å²) in [6.07, 6.45) is 6.54. The summed E-state index contributed by atoms with van der Waals surface area (Å²) in [5.74, 6) is 0.273. The maximum atomic E-state index is 14.0. The number of anilines is 1. The fourth-order valence-corrected chi connectivity index (χ4v) is 8.21. The van der Waals surface area contributed by atoms with E-state index in [4.69, 9.17) is 0 Å². The number of halogens is 1. The highest BCUT2D eigenvalue weighted by molar-refractivity contribution is 7.89. The zero-order chi connectivity index (χ0) is 28.5. The minimum absolute atomic E-state index is 0. The number of Topliss-reactive ketones (excluding diaryl/α,β-unsaturated/α-hetero) is 1. The monoisotopic (exact) mass is 624 g/mol. The fourth-order valence-electron chi connectivity index (χ4n) is 6.03. The van der Waals surface area contributed by atoms with Crippen LogP contribution in [-0.2, 0) is 19.6 Å². The number of nitrogens with one attached hydrogen (secondary N) is 4. The molecular weight excluding hydrogens is 580 g/mol. The Bertz CT molecular complexity index is 1230. The van der Waals surface area contributed by atoms with E-state index in [-0.39, 0.29) is 52.9 Å². The first-order valence-corrected chi connectivity index (χ1v) is 17.1. The van der Waals surface area contributed by atoms with Crippen LogP contribution in [0, 0.1) is 17.8 Å². The summed E-state index contributed by atoms with van der Waals surface area (Å²) in [7, 11) is -4.13. The van der Waals surface area contributed by atoms with Crippen LogP contribution in [0.25, 0.3) is 10.4 Å². The second-order valence-corrected chi connectivity index (χ2v) is 13.7. The smallest absolute Gasteiger partial charge is 0.243 e. The standard InChI is InChI=1S/C30H44N4O4S2.ClH/c1-3-22-15-17-32-20-24(22)30(36)25(12-5-9-21-10-7-16-31-19-21)34-40(37,38)27-14-6-11-23(26-13-8-18-39-26)29(27)33-28(35)4-2;/h6,8,11,13-14,18,21-22,24-25,31-32,34H,3-5,7,9-10,12,15-17,19-20H2,1-2H3,(H,33,35);1H. The van der Waals surface area contributed by atoms with Crippen molar-refractivity contribution in [1.29, 1.82) is 0 Å². The van der Waals surface area contributed by atoms with Crippen molar-refractivity contribution in [2.45, 2.75) is 76.2 Å². The second kappa shape index (κ2) is 16.1. The molecule has 2 aliphatic rings. The van der Waals surface area contributed by atoms with Crippen molar-refractivity contribution in [2.75, 3.05) is 31.5 Å². The number of ketones is 1. The van der Waals surface area contributed by atoms with E-state index in [1.165, 1.54) is 17.4 Å². The van der Waals surface area contributed by atoms with Crippen LogP contribution in [0.15, 0.2) is 40.6 Å². The molecule has 0 radical (unpaired) electrons. The van der Waals surface area contributed by atoms with Crippen molar-refractivity contribution >= 4 is 51.1 Å². The topological polar surface area (TPSA) is 116 Å². The largest absolute Gasteiger partial charge is 0.324 e. The van der Waals surface area contributed by atoms with Gasteiger partial charge in [0.2, 0.25) is 15.9 Å². The number of carbonyl (C=O) groups excluding carboxylic acids is 2. The average Bonchev–Trinajstić information content (AvgIpc) is 3.51. The molecule has 0 aliphatic carbocycles. The molecule has 41 heavy (non-hydrogen) atoms. The van der Waals surface area contributed by atoms with Gasteiger partial charge in [0, 0.05) is 29.3 Å². The highest BCUT2D eigenvalue weighted by Gasteiger charge is 2.36. The van der Waals surface area contributed by atoms with Crippen LogP contribution < -0.4 is 20.7 Å². The van der Waals surface area contributed by atoms with Gasteiger partial charge in [0.15, 0.2) is 5.78 Å². The summed E-state index contributed by atoms with van der Waals surface area (Å²) < 4.78 is 30.9. The molecule has 2 aliphatic heterocycles. The van der Waals surface area contributed by atoms with Crippen molar-refractivity contribution in [3.05, 3.63) is 35.7 Å². The van der Waals surface area contributed by atoms with E-state index in [1.54, 1.807) is 13.0 Å². The molecule has 1 aromatic heterocycles. The maximum Gasteiger partial charge on any atom is 0.243 e. The Balaban J connectivity index is 0.00000462. The Morgan fingerprint density at radius 2 is 1.88 bits per heavy atom. The van der Waals surface area contributed by atoms with Gasteiger partial charge in [-0.1, -0.05) is 44.9 Å². The lowest BCUT2D eigenvalue weighted by molar-refractivity contribution is -0.127. The number of carbonyl (C=O) groups is 2. The quantitative estimate of drug-likeness (QED) is 0.243. The summed E-state index contributed by atoms with van der Waals surface area (Å²) in [6, 6.07) is 7.99. The molecule has 228 valence electrons. The predicted octanol–water partition coefficient (Wildman–Crippen LogP) is 5.21. The van der Waals surface area contributed by atoms with Crippen molar-refractivity contribution in [3.8, 4) is 10.4 Å². The number of benzene rings is 1. The number of piperidine rings is 2. The minimum Gasteiger partial charge on any atom is -0.324 e. The predicted molar refractivity (Wildman–Crippen MR) is 169 cm³/mol. The van der Waals surface area contributed by atoms with Crippen LogP contribution in [0.2, 0.25) is 0 Å². The molecular formula is C30H45ClN4O4S2. The van der Waals surface area contributed by atoms with Gasteiger partial charge in [-0.3, -0.25) is 9.59 Å². The van der Waals surface area contributed by atoms with Gasteiger partial charge in [0.05, 0.1) is 11.7 Å². The van der Waals surface area contributed by atoms with Crippen LogP contribution in [0.3, 0.4) is 0 Å². The Kier molecular flexibility index (Phi) is 13.3. The van der Waals surface area contributed by atoms with Gasteiger partial charge >= 0.3 is 0 Å². The lowest BCUT2D eigenvalue weighted by Gasteiger charge is -2.33. The Morgan fingerprint density at radius 1 is 1.07 bits per heavy atom. The second-order valence-electron chi connectivity index (χ2n) is 11.0. The van der Waals surface area contributed by atoms with Gasteiger partial charge in [-0.2, -0.15) is 0 Å². The Morgan fingerprint density at radius 3 is 2.56 bits per heavy atom. The number of para-hydroxylation sites is 1. The summed E-state index contributed by atoms with van der Waals surface area (Å²) in [4.78, 5) is 27.3. The van der Waals surface area contributed by atoms with Crippen LogP contribution in [-0.4, -0.2) is 52.3 Å². The molecule has 0 saturated carbocycles. The lowest BCUT2D eigenvalue weighted by Crippen LogP contribution is -2.50. The van der Waals surface area contributed by atoms with Crippen LogP contribution in [0.1, 0.15) is 65.2 Å². The molecule has 0 spiro atoms. The molecule has 2 aromatic rings. The van der Waals surface area contributed by atoms with E-state index in [0.29, 0.717) is 24.4 Å². The lowest BCUT2D eigenvalue weighted by atomic mass is 9.79. The molecule has 4 N–H and O–H groups in total. The van der Waals surface area contributed by atoms with E-state index < -0.39 is 16.1 Å². The molecule has 4 rings (SSSR count). The third kappa shape index (κ3) is 8.84. The van der Waals surface area contributed by atoms with E-state index >= 15 is 0 Å². The van der Waals surface area contributed by atoms with E-state index in [2.05, 4.69) is 27.6 Å². The molecule has 4 atom stereocenters. The number of hydrogen-bond donors (Lipinski definition) is 4. The highest BCUT2D eigenvalue weighted by atomic mass is 35.5. The van der Waals surface area contributed by atoms with Crippen LogP contribution in [0.4, 0.5) is 5.69 Å². The number of amides is 1. The van der Waals surface area contributed by atoms with Gasteiger partial charge in [0.25, 0.3) is 0 Å². The zero-order valence-corrected chi connectivity index (χ0v) is 26.6. The van der Waals surface area contributed by atoms with Crippen molar-refractivity contribution in [1.82, 2.24) is 15.4 Å². The van der Waals surface area contributed by atoms with Crippen molar-refractivity contribution in [3.63, 3.8) is 0 Å². The number of rotatable bonds is 13. The highest BCUT2D eigenvalue weighted by Crippen LogP contribution is 2.37. The molecule has 3 heterocycles. The first-order chi connectivity index (χ1) is 19.3. The van der Waals surface area contributed by atoms with Gasteiger partial charge in [-0.15, -0.1) is 23.7 Å². The summed E-state index contributed by atoms with van der Waals surface area (Å²) in [5, 5.41) is 11.5. The third-order valence-corrected chi connectivity index (χ3v) is 10.8. The van der Waals surface area contributed by atoms with Gasteiger partial charge in [0.1, 0.15) is 4.90 Å². The molecule has 2 saturated heterocycles. The normalized spacial score (nSPS) is 22.0. The Labute approximate surface area is 255 Å². The van der Waals surface area contributed by atoms with Gasteiger partial charge < -0.3 is 16.0 Å². The van der Waals surface area contributed by atoms with Gasteiger partial charge in [-0.25, -0.2) is 13.1 Å². The van der Waals surface area contributed by atoms with E-state index in [0.717, 1.165) is 63.0 Å².